The number of thiophene rings is 1. The Labute approximate surface area is 146 Å². The third kappa shape index (κ3) is 2.35. The smallest absolute Gasteiger partial charge is 0.256 e. The average Bonchev–Trinajstić information content (AvgIpc) is 3.09. The van der Waals surface area contributed by atoms with Crippen LogP contribution >= 0.6 is 27.3 Å². The number of halogens is 1. The maximum absolute atomic E-state index is 12.6. The summed E-state index contributed by atoms with van der Waals surface area (Å²) in [7, 11) is 0. The van der Waals surface area contributed by atoms with Crippen LogP contribution in [-0.4, -0.2) is 5.91 Å². The third-order valence-corrected chi connectivity index (χ3v) is 5.41. The minimum absolute atomic E-state index is 0.0449. The fourth-order valence-electron chi connectivity index (χ4n) is 2.81. The molecular weight excluding hydrogens is 370 g/mol. The first kappa shape index (κ1) is 14.4. The standard InChI is InChI=1S/C19H12BrNOS/c1-12-16(13-6-8-14(20)9-7-13)10-19(22)21(12)17-11-23-18-5-3-2-4-15(17)18/h2-11H,1H2. The molecule has 2 nitrogen and oxygen atoms in total. The molecule has 0 atom stereocenters. The maximum Gasteiger partial charge on any atom is 0.256 e. The summed E-state index contributed by atoms with van der Waals surface area (Å²) in [6.07, 6.45) is 1.66. The Morgan fingerprint density at radius 1 is 1.04 bits per heavy atom. The van der Waals surface area contributed by atoms with Crippen molar-refractivity contribution in [3.05, 3.63) is 82.3 Å². The third-order valence-electron chi connectivity index (χ3n) is 3.93. The van der Waals surface area contributed by atoms with E-state index in [1.54, 1.807) is 22.3 Å². The lowest BCUT2D eigenvalue weighted by Crippen LogP contribution is -2.22. The molecule has 1 aliphatic rings. The fourth-order valence-corrected chi connectivity index (χ4v) is 4.00. The van der Waals surface area contributed by atoms with E-state index in [0.717, 1.165) is 32.4 Å². The van der Waals surface area contributed by atoms with Gasteiger partial charge in [0.2, 0.25) is 0 Å². The number of carbonyl (C=O) groups excluding carboxylic acids is 1. The number of allylic oxidation sites excluding steroid dienone is 1. The summed E-state index contributed by atoms with van der Waals surface area (Å²) in [5.74, 6) is -0.0449. The van der Waals surface area contributed by atoms with Crippen LogP contribution in [0.1, 0.15) is 5.56 Å². The molecule has 4 rings (SSSR count). The number of rotatable bonds is 2. The van der Waals surface area contributed by atoms with Crippen molar-refractivity contribution in [3.63, 3.8) is 0 Å². The van der Waals surface area contributed by atoms with Crippen molar-refractivity contribution in [2.24, 2.45) is 0 Å². The summed E-state index contributed by atoms with van der Waals surface area (Å²) in [6.45, 7) is 4.16. The molecule has 1 amide bonds. The maximum atomic E-state index is 12.6. The summed E-state index contributed by atoms with van der Waals surface area (Å²) in [5.41, 5.74) is 3.50. The van der Waals surface area contributed by atoms with Crippen molar-refractivity contribution in [2.75, 3.05) is 4.90 Å². The zero-order valence-corrected chi connectivity index (χ0v) is 14.5. The highest BCUT2D eigenvalue weighted by Gasteiger charge is 2.29. The molecule has 2 aromatic carbocycles. The zero-order valence-electron chi connectivity index (χ0n) is 12.1. The highest BCUT2D eigenvalue weighted by Crippen LogP contribution is 2.40. The number of carbonyl (C=O) groups is 1. The van der Waals surface area contributed by atoms with Crippen LogP contribution in [0.2, 0.25) is 0 Å². The first-order chi connectivity index (χ1) is 11.1. The van der Waals surface area contributed by atoms with Crippen molar-refractivity contribution in [2.45, 2.75) is 0 Å². The molecule has 112 valence electrons. The number of benzene rings is 2. The van der Waals surface area contributed by atoms with Crippen molar-refractivity contribution in [3.8, 4) is 0 Å². The molecule has 0 N–H and O–H groups in total. The first-order valence-corrected chi connectivity index (χ1v) is 8.79. The molecular formula is C19H12BrNOS. The van der Waals surface area contributed by atoms with Crippen LogP contribution in [0.4, 0.5) is 5.69 Å². The van der Waals surface area contributed by atoms with Gasteiger partial charge < -0.3 is 0 Å². The van der Waals surface area contributed by atoms with Crippen LogP contribution in [0.15, 0.2) is 76.7 Å². The van der Waals surface area contributed by atoms with E-state index in [2.05, 4.69) is 28.6 Å². The normalized spacial score (nSPS) is 14.7. The van der Waals surface area contributed by atoms with Gasteiger partial charge in [-0.15, -0.1) is 11.3 Å². The van der Waals surface area contributed by atoms with Crippen molar-refractivity contribution < 1.29 is 4.79 Å². The summed E-state index contributed by atoms with van der Waals surface area (Å²) in [5, 5.41) is 3.10. The molecule has 0 unspecified atom stereocenters. The molecule has 0 fully saturated rings. The first-order valence-electron chi connectivity index (χ1n) is 7.12. The Morgan fingerprint density at radius 3 is 2.57 bits per heavy atom. The lowest BCUT2D eigenvalue weighted by Gasteiger charge is -2.18. The predicted molar refractivity (Wildman–Crippen MR) is 101 cm³/mol. The topological polar surface area (TPSA) is 20.3 Å². The molecule has 0 radical (unpaired) electrons. The van der Waals surface area contributed by atoms with Crippen LogP contribution in [-0.2, 0) is 4.79 Å². The van der Waals surface area contributed by atoms with Gasteiger partial charge in [-0.05, 0) is 23.8 Å². The number of fused-ring (bicyclic) bond motifs is 1. The average molecular weight is 382 g/mol. The number of anilines is 1. The molecule has 1 aromatic heterocycles. The van der Waals surface area contributed by atoms with E-state index in [9.17, 15) is 4.79 Å². The molecule has 23 heavy (non-hydrogen) atoms. The summed E-state index contributed by atoms with van der Waals surface area (Å²) in [6, 6.07) is 16.0. The Hall–Kier alpha value is -2.17. The molecule has 0 aliphatic carbocycles. The molecule has 1 aliphatic heterocycles. The molecule has 0 bridgehead atoms. The van der Waals surface area contributed by atoms with Gasteiger partial charge in [0.25, 0.3) is 5.91 Å². The van der Waals surface area contributed by atoms with Crippen molar-refractivity contribution in [1.29, 1.82) is 0 Å². The second-order valence-corrected chi connectivity index (χ2v) is 7.13. The van der Waals surface area contributed by atoms with Gasteiger partial charge in [0.15, 0.2) is 0 Å². The molecule has 2 heterocycles. The second kappa shape index (κ2) is 5.48. The van der Waals surface area contributed by atoms with Gasteiger partial charge in [-0.3, -0.25) is 9.69 Å². The summed E-state index contributed by atoms with van der Waals surface area (Å²) in [4.78, 5) is 14.3. The van der Waals surface area contributed by atoms with Crippen LogP contribution in [0.3, 0.4) is 0 Å². The lowest BCUT2D eigenvalue weighted by molar-refractivity contribution is -0.113. The Kier molecular flexibility index (Phi) is 3.43. The van der Waals surface area contributed by atoms with Crippen molar-refractivity contribution in [1.82, 2.24) is 0 Å². The van der Waals surface area contributed by atoms with Gasteiger partial charge in [-0.1, -0.05) is 52.8 Å². The molecule has 0 saturated carbocycles. The second-order valence-electron chi connectivity index (χ2n) is 5.30. The molecule has 4 heteroatoms. The SMILES string of the molecule is C=C1C(c2ccc(Br)cc2)=CC(=O)N1c1csc2ccccc12. The largest absolute Gasteiger partial charge is 0.276 e. The highest BCUT2D eigenvalue weighted by atomic mass is 79.9. The minimum atomic E-state index is -0.0449. The van der Waals surface area contributed by atoms with Gasteiger partial charge in [-0.2, -0.15) is 0 Å². The Balaban J connectivity index is 1.77. The van der Waals surface area contributed by atoms with Crippen LogP contribution in [0.25, 0.3) is 15.7 Å². The summed E-state index contributed by atoms with van der Waals surface area (Å²) >= 11 is 5.07. The monoisotopic (exact) mass is 381 g/mol. The van der Waals surface area contributed by atoms with Gasteiger partial charge >= 0.3 is 0 Å². The fraction of sp³-hybridized carbons (Fsp3) is 0. The van der Waals surface area contributed by atoms with E-state index in [1.165, 1.54) is 4.70 Å². The van der Waals surface area contributed by atoms with Crippen LogP contribution in [0.5, 0.6) is 0 Å². The number of hydrogen-bond acceptors (Lipinski definition) is 2. The van der Waals surface area contributed by atoms with Gasteiger partial charge in [0.05, 0.1) is 11.4 Å². The minimum Gasteiger partial charge on any atom is -0.276 e. The number of nitrogens with zero attached hydrogens (tertiary/aromatic N) is 1. The van der Waals surface area contributed by atoms with E-state index < -0.39 is 0 Å². The Morgan fingerprint density at radius 2 is 1.78 bits per heavy atom. The van der Waals surface area contributed by atoms with Crippen molar-refractivity contribution >= 4 is 54.5 Å². The van der Waals surface area contributed by atoms with Crippen LogP contribution < -0.4 is 4.90 Å². The molecule has 0 saturated heterocycles. The van der Waals surface area contributed by atoms with E-state index in [0.29, 0.717) is 0 Å². The number of hydrogen-bond donors (Lipinski definition) is 0. The van der Waals surface area contributed by atoms with E-state index in [4.69, 9.17) is 0 Å². The number of amides is 1. The van der Waals surface area contributed by atoms with E-state index >= 15 is 0 Å². The van der Waals surface area contributed by atoms with Gasteiger partial charge in [0.1, 0.15) is 0 Å². The van der Waals surface area contributed by atoms with Gasteiger partial charge in [-0.25, -0.2) is 0 Å². The molecule has 0 spiro atoms. The summed E-state index contributed by atoms with van der Waals surface area (Å²) < 4.78 is 2.18. The van der Waals surface area contributed by atoms with E-state index in [-0.39, 0.29) is 5.91 Å². The highest BCUT2D eigenvalue weighted by molar-refractivity contribution is 9.10. The predicted octanol–water partition coefficient (Wildman–Crippen LogP) is 5.61. The van der Waals surface area contributed by atoms with E-state index in [1.807, 2.05) is 47.8 Å². The van der Waals surface area contributed by atoms with Gasteiger partial charge in [0, 0.05) is 31.6 Å². The zero-order chi connectivity index (χ0) is 16.0. The Bertz CT molecular complexity index is 968. The molecule has 3 aromatic rings. The quantitative estimate of drug-likeness (QED) is 0.564. The lowest BCUT2D eigenvalue weighted by atomic mass is 10.0. The van der Waals surface area contributed by atoms with Crippen LogP contribution in [0, 0.1) is 0 Å².